The Bertz CT molecular complexity index is 993. The normalized spacial score (nSPS) is 12.0. The first kappa shape index (κ1) is 16.7. The van der Waals surface area contributed by atoms with Gasteiger partial charge in [-0.05, 0) is 55.7 Å². The lowest BCUT2D eigenvalue weighted by Gasteiger charge is -2.09. The first-order chi connectivity index (χ1) is 11.4. The molecule has 0 saturated heterocycles. The van der Waals surface area contributed by atoms with Crippen molar-refractivity contribution in [2.75, 3.05) is 6.54 Å². The van der Waals surface area contributed by atoms with E-state index in [0.29, 0.717) is 12.0 Å². The number of aromatic amines is 1. The maximum atomic E-state index is 13.1. The Balaban J connectivity index is 1.76. The van der Waals surface area contributed by atoms with E-state index >= 15 is 0 Å². The monoisotopic (exact) mass is 346 g/mol. The summed E-state index contributed by atoms with van der Waals surface area (Å²) in [4.78, 5) is 3.41. The van der Waals surface area contributed by atoms with E-state index in [4.69, 9.17) is 0 Å². The highest BCUT2D eigenvalue weighted by atomic mass is 32.2. The summed E-state index contributed by atoms with van der Waals surface area (Å²) in [5, 5.41) is 1.10. The van der Waals surface area contributed by atoms with Crippen LogP contribution in [-0.2, 0) is 16.4 Å². The predicted molar refractivity (Wildman–Crippen MR) is 93.1 cm³/mol. The molecule has 3 rings (SSSR count). The quantitative estimate of drug-likeness (QED) is 0.743. The molecule has 3 aromatic rings. The van der Waals surface area contributed by atoms with Gasteiger partial charge in [-0.15, -0.1) is 0 Å². The number of hydrogen-bond acceptors (Lipinski definition) is 2. The first-order valence-corrected chi connectivity index (χ1v) is 9.19. The number of para-hydroxylation sites is 1. The van der Waals surface area contributed by atoms with E-state index in [1.807, 2.05) is 31.2 Å². The van der Waals surface area contributed by atoms with Crippen LogP contribution in [0.25, 0.3) is 10.9 Å². The van der Waals surface area contributed by atoms with Gasteiger partial charge in [0.15, 0.2) is 0 Å². The Morgan fingerprint density at radius 3 is 2.62 bits per heavy atom. The smallest absolute Gasteiger partial charge is 0.240 e. The van der Waals surface area contributed by atoms with Gasteiger partial charge in [0.05, 0.1) is 4.90 Å². The lowest BCUT2D eigenvalue weighted by molar-refractivity contribution is 0.580. The summed E-state index contributed by atoms with van der Waals surface area (Å²) in [6.45, 7) is 3.84. The molecule has 0 aliphatic rings. The van der Waals surface area contributed by atoms with Crippen LogP contribution in [0.1, 0.15) is 16.8 Å². The number of H-pyrrole nitrogens is 1. The fourth-order valence-electron chi connectivity index (χ4n) is 2.96. The zero-order chi connectivity index (χ0) is 17.3. The zero-order valence-corrected chi connectivity index (χ0v) is 14.4. The van der Waals surface area contributed by atoms with E-state index < -0.39 is 15.8 Å². The van der Waals surface area contributed by atoms with Gasteiger partial charge in [0, 0.05) is 23.1 Å². The molecule has 0 saturated carbocycles. The van der Waals surface area contributed by atoms with Gasteiger partial charge in [-0.2, -0.15) is 0 Å². The number of nitrogens with one attached hydrogen (secondary N) is 2. The van der Waals surface area contributed by atoms with Gasteiger partial charge in [-0.3, -0.25) is 0 Å². The summed E-state index contributed by atoms with van der Waals surface area (Å²) in [5.41, 5.74) is 3.57. The van der Waals surface area contributed by atoms with E-state index in [1.54, 1.807) is 6.92 Å². The van der Waals surface area contributed by atoms with E-state index in [9.17, 15) is 12.8 Å². The molecule has 0 atom stereocenters. The lowest BCUT2D eigenvalue weighted by atomic mass is 10.1. The van der Waals surface area contributed by atoms with Crippen LogP contribution in [0.2, 0.25) is 0 Å². The van der Waals surface area contributed by atoms with E-state index in [1.165, 1.54) is 12.1 Å². The van der Waals surface area contributed by atoms with Gasteiger partial charge >= 0.3 is 0 Å². The van der Waals surface area contributed by atoms with Crippen molar-refractivity contribution in [3.63, 3.8) is 0 Å². The SMILES string of the molecule is Cc1cc(F)ccc1S(=O)(=O)NCCc1c(C)[nH]c2ccccc12. The number of benzene rings is 2. The van der Waals surface area contributed by atoms with Crippen LogP contribution in [0.5, 0.6) is 0 Å². The van der Waals surface area contributed by atoms with E-state index in [-0.39, 0.29) is 11.4 Å². The molecule has 0 radical (unpaired) electrons. The van der Waals surface area contributed by atoms with Crippen LogP contribution >= 0.6 is 0 Å². The maximum absolute atomic E-state index is 13.1. The summed E-state index contributed by atoms with van der Waals surface area (Å²) in [6, 6.07) is 11.6. The van der Waals surface area contributed by atoms with Crippen molar-refractivity contribution in [1.82, 2.24) is 9.71 Å². The molecule has 6 heteroatoms. The molecular formula is C18H19FN2O2S. The molecule has 1 aromatic heterocycles. The Hall–Kier alpha value is -2.18. The van der Waals surface area contributed by atoms with Crippen LogP contribution in [0, 0.1) is 19.7 Å². The maximum Gasteiger partial charge on any atom is 0.240 e. The minimum Gasteiger partial charge on any atom is -0.358 e. The molecule has 0 aliphatic carbocycles. The molecule has 2 N–H and O–H groups in total. The second kappa shape index (κ2) is 6.37. The van der Waals surface area contributed by atoms with Gasteiger partial charge in [-0.25, -0.2) is 17.5 Å². The molecule has 0 bridgehead atoms. The van der Waals surface area contributed by atoms with E-state index in [2.05, 4.69) is 9.71 Å². The number of halogens is 1. The van der Waals surface area contributed by atoms with Gasteiger partial charge in [-0.1, -0.05) is 18.2 Å². The highest BCUT2D eigenvalue weighted by Crippen LogP contribution is 2.22. The van der Waals surface area contributed by atoms with Crippen molar-refractivity contribution in [3.8, 4) is 0 Å². The average Bonchev–Trinajstić information content (AvgIpc) is 2.83. The van der Waals surface area contributed by atoms with Gasteiger partial charge < -0.3 is 4.98 Å². The van der Waals surface area contributed by atoms with Gasteiger partial charge in [0.25, 0.3) is 0 Å². The fourth-order valence-corrected chi connectivity index (χ4v) is 4.22. The Morgan fingerprint density at radius 2 is 1.88 bits per heavy atom. The highest BCUT2D eigenvalue weighted by molar-refractivity contribution is 7.89. The third-order valence-electron chi connectivity index (χ3n) is 4.12. The third kappa shape index (κ3) is 3.20. The second-order valence-electron chi connectivity index (χ2n) is 5.83. The molecular weight excluding hydrogens is 327 g/mol. The molecule has 24 heavy (non-hydrogen) atoms. The third-order valence-corrected chi connectivity index (χ3v) is 5.74. The Kier molecular flexibility index (Phi) is 4.43. The minimum atomic E-state index is -3.65. The van der Waals surface area contributed by atoms with Crippen molar-refractivity contribution >= 4 is 20.9 Å². The van der Waals surface area contributed by atoms with Crippen LogP contribution in [0.15, 0.2) is 47.4 Å². The molecule has 4 nitrogen and oxygen atoms in total. The largest absolute Gasteiger partial charge is 0.358 e. The van der Waals surface area contributed by atoms with Crippen molar-refractivity contribution in [3.05, 3.63) is 65.1 Å². The Morgan fingerprint density at radius 1 is 1.12 bits per heavy atom. The number of hydrogen-bond donors (Lipinski definition) is 2. The average molecular weight is 346 g/mol. The standard InChI is InChI=1S/C18H19FN2O2S/c1-12-11-14(19)7-8-18(12)24(22,23)20-10-9-15-13(2)21-17-6-4-3-5-16(15)17/h3-8,11,20-21H,9-10H2,1-2H3. The first-order valence-electron chi connectivity index (χ1n) is 7.70. The van der Waals surface area contributed by atoms with Crippen LogP contribution in [-0.4, -0.2) is 19.9 Å². The number of aromatic nitrogens is 1. The predicted octanol–water partition coefficient (Wildman–Crippen LogP) is 3.44. The summed E-state index contributed by atoms with van der Waals surface area (Å²) in [5.74, 6) is -0.444. The second-order valence-corrected chi connectivity index (χ2v) is 7.57. The van der Waals surface area contributed by atoms with Crippen LogP contribution < -0.4 is 4.72 Å². The zero-order valence-electron chi connectivity index (χ0n) is 13.6. The van der Waals surface area contributed by atoms with Crippen LogP contribution in [0.4, 0.5) is 4.39 Å². The Labute approximate surface area is 140 Å². The van der Waals surface area contributed by atoms with Crippen molar-refractivity contribution in [2.24, 2.45) is 0 Å². The molecule has 1 heterocycles. The number of aryl methyl sites for hydroxylation is 2. The fraction of sp³-hybridized carbons (Fsp3) is 0.222. The molecule has 0 spiro atoms. The summed E-state index contributed by atoms with van der Waals surface area (Å²) >= 11 is 0. The summed E-state index contributed by atoms with van der Waals surface area (Å²) in [7, 11) is -3.65. The number of rotatable bonds is 5. The molecule has 2 aromatic carbocycles. The minimum absolute atomic E-state index is 0.111. The number of sulfonamides is 1. The molecule has 0 unspecified atom stereocenters. The molecule has 0 aliphatic heterocycles. The summed E-state index contributed by atoms with van der Waals surface area (Å²) in [6.07, 6.45) is 0.579. The van der Waals surface area contributed by atoms with Crippen molar-refractivity contribution < 1.29 is 12.8 Å². The topological polar surface area (TPSA) is 62.0 Å². The highest BCUT2D eigenvalue weighted by Gasteiger charge is 2.17. The van der Waals surface area contributed by atoms with Crippen molar-refractivity contribution in [1.29, 1.82) is 0 Å². The molecule has 126 valence electrons. The lowest BCUT2D eigenvalue weighted by Crippen LogP contribution is -2.26. The van der Waals surface area contributed by atoms with Crippen LogP contribution in [0.3, 0.4) is 0 Å². The van der Waals surface area contributed by atoms with E-state index in [0.717, 1.165) is 28.2 Å². The van der Waals surface area contributed by atoms with Gasteiger partial charge in [0.2, 0.25) is 10.0 Å². The van der Waals surface area contributed by atoms with Gasteiger partial charge in [0.1, 0.15) is 5.82 Å². The summed E-state index contributed by atoms with van der Waals surface area (Å²) < 4.78 is 40.5. The van der Waals surface area contributed by atoms with Crippen molar-refractivity contribution in [2.45, 2.75) is 25.2 Å². The molecule has 0 amide bonds. The molecule has 0 fully saturated rings. The number of fused-ring (bicyclic) bond motifs is 1.